The second kappa shape index (κ2) is 12.2. The van der Waals surface area contributed by atoms with E-state index >= 15 is 0 Å². The molecule has 0 unspecified atom stereocenters. The topological polar surface area (TPSA) is 113 Å². The third kappa shape index (κ3) is 8.83. The Labute approximate surface area is 117 Å². The van der Waals surface area contributed by atoms with Crippen molar-refractivity contribution in [2.24, 2.45) is 20.3 Å². The summed E-state index contributed by atoms with van der Waals surface area (Å²) in [6, 6.07) is 0. The van der Waals surface area contributed by atoms with Crippen molar-refractivity contribution >= 4 is 22.8 Å². The van der Waals surface area contributed by atoms with Crippen LogP contribution >= 0.6 is 0 Å². The molecular formula is C10H16N4O3Tc+. The van der Waals surface area contributed by atoms with Crippen molar-refractivity contribution < 1.29 is 22.4 Å². The fraction of sp³-hybridized carbons (Fsp3) is 0.600. The summed E-state index contributed by atoms with van der Waals surface area (Å²) >= 11 is 0.900. The van der Waals surface area contributed by atoms with Crippen LogP contribution in [-0.4, -0.2) is 35.9 Å². The Morgan fingerprint density at radius 2 is 1.06 bits per heavy atom. The maximum atomic E-state index is 10.2. The molecule has 0 spiro atoms. The number of hydrogen-bond donors (Lipinski definition) is 0. The molecule has 0 aliphatic rings. The third-order valence-corrected chi connectivity index (χ3v) is 2.12. The molecule has 0 aliphatic heterocycles. The molecule has 0 heterocycles. The Bertz CT molecular complexity index is 330. The molecule has 0 N–H and O–H groups in total. The van der Waals surface area contributed by atoms with Crippen LogP contribution in [0.5, 0.6) is 0 Å². The van der Waals surface area contributed by atoms with Crippen LogP contribution in [0, 0.1) is 10.4 Å². The first-order chi connectivity index (χ1) is 8.52. The molecule has 0 bridgehead atoms. The van der Waals surface area contributed by atoms with Crippen molar-refractivity contribution in [3.05, 3.63) is 10.4 Å². The molecule has 0 fully saturated rings. The maximum absolute atomic E-state index is 10.2. The summed E-state index contributed by atoms with van der Waals surface area (Å²) in [6.45, 7) is 7.57. The van der Waals surface area contributed by atoms with Gasteiger partial charge in [0.2, 0.25) is 0 Å². The Morgan fingerprint density at radius 3 is 1.28 bits per heavy atom. The molecule has 7 nitrogen and oxygen atoms in total. The average molecular weight is 339 g/mol. The average Bonchev–Trinajstić information content (AvgIpc) is 2.43. The summed E-state index contributed by atoms with van der Waals surface area (Å²) in [7, 11) is 0. The normalized spacial score (nSPS) is 13.9. The van der Waals surface area contributed by atoms with E-state index in [1.54, 1.807) is 27.7 Å². The predicted molar refractivity (Wildman–Crippen MR) is 69.6 cm³/mol. The van der Waals surface area contributed by atoms with E-state index in [9.17, 15) is 10.4 Å². The van der Waals surface area contributed by atoms with Gasteiger partial charge in [0.15, 0.2) is 0 Å². The van der Waals surface area contributed by atoms with Crippen molar-refractivity contribution in [2.45, 2.75) is 27.7 Å². The minimum atomic E-state index is 0.373. The molecule has 8 heteroatoms. The van der Waals surface area contributed by atoms with Crippen molar-refractivity contribution in [2.75, 3.05) is 13.1 Å². The van der Waals surface area contributed by atoms with Crippen LogP contribution in [0.25, 0.3) is 0 Å². The molecule has 0 radical (unpaired) electrons. The predicted octanol–water partition coefficient (Wildman–Crippen LogP) is 1.70. The molecule has 0 aromatic carbocycles. The van der Waals surface area contributed by atoms with Crippen LogP contribution in [0.15, 0.2) is 20.3 Å². The Balaban J connectivity index is 0. The van der Waals surface area contributed by atoms with E-state index in [-0.39, 0.29) is 0 Å². The van der Waals surface area contributed by atoms with E-state index in [0.29, 0.717) is 35.9 Å². The fourth-order valence-electron chi connectivity index (χ4n) is 0.796. The minimum absolute atomic E-state index is 0.373. The van der Waals surface area contributed by atoms with Gasteiger partial charge in [-0.05, 0) is 27.7 Å². The molecule has 18 heavy (non-hydrogen) atoms. The van der Waals surface area contributed by atoms with Gasteiger partial charge in [-0.3, -0.25) is 9.98 Å². The summed E-state index contributed by atoms with van der Waals surface area (Å²) < 4.78 is 8.22. The second-order valence-corrected chi connectivity index (χ2v) is 3.29. The van der Waals surface area contributed by atoms with Crippen LogP contribution in [0.4, 0.5) is 0 Å². The summed E-state index contributed by atoms with van der Waals surface area (Å²) in [5.41, 5.74) is 1.96. The standard InChI is InChI=1S/C10H18N4O2.O.Tc/c1-7(9(3)13-15)11-5-6-12-8(2)10(4)14-16;;/h15-16H,5-6H2,1-4H3;;/q;;+3/p-2/b11-7?,12-8?,13-9+,14-10+;;/i;;1+1. The molecule has 0 aromatic rings. The zero-order valence-corrected chi connectivity index (χ0v) is 12.7. The van der Waals surface area contributed by atoms with Gasteiger partial charge >= 0.3 is 22.4 Å². The van der Waals surface area contributed by atoms with E-state index < -0.39 is 0 Å². The Morgan fingerprint density at radius 1 is 0.778 bits per heavy atom. The second-order valence-electron chi connectivity index (χ2n) is 3.29. The van der Waals surface area contributed by atoms with Crippen molar-refractivity contribution in [1.82, 2.24) is 0 Å². The molecule has 0 aliphatic carbocycles. The third-order valence-electron chi connectivity index (χ3n) is 2.12. The van der Waals surface area contributed by atoms with Gasteiger partial charge in [0, 0.05) is 11.4 Å². The number of hydrogen-bond acceptors (Lipinski definition) is 7. The quantitative estimate of drug-likeness (QED) is 0.431. The first-order valence-corrected chi connectivity index (χ1v) is 5.80. The Kier molecular flexibility index (Phi) is 12.9. The molecular weight excluding hydrogens is 323 g/mol. The molecule has 0 amide bonds. The summed E-state index contributed by atoms with van der Waals surface area (Å²) in [6.07, 6.45) is 0. The molecule has 0 atom stereocenters. The Hall–Kier alpha value is -1.27. The molecule has 0 saturated heterocycles. The van der Waals surface area contributed by atoms with Crippen molar-refractivity contribution in [3.63, 3.8) is 0 Å². The van der Waals surface area contributed by atoms with Gasteiger partial charge in [-0.15, -0.1) is 0 Å². The first kappa shape index (κ1) is 19.1. The van der Waals surface area contributed by atoms with Crippen LogP contribution in [0.1, 0.15) is 27.7 Å². The van der Waals surface area contributed by atoms with E-state index in [2.05, 4.69) is 20.3 Å². The zero-order chi connectivity index (χ0) is 14.6. The van der Waals surface area contributed by atoms with Crippen LogP contribution < -0.4 is 0 Å². The van der Waals surface area contributed by atoms with E-state index in [4.69, 9.17) is 3.50 Å². The molecule has 100 valence electrons. The fourth-order valence-corrected chi connectivity index (χ4v) is 0.796. The zero-order valence-electron chi connectivity index (χ0n) is 10.8. The van der Waals surface area contributed by atoms with E-state index in [1.165, 1.54) is 0 Å². The van der Waals surface area contributed by atoms with Gasteiger partial charge in [-0.1, -0.05) is 0 Å². The molecule has 0 aromatic heterocycles. The SMILES string of the molecule is CC(=NCCN=C(C)/C(C)=N/[O-])/C(C)=N/[O-].[O]=[99Tc+3]. The van der Waals surface area contributed by atoms with Gasteiger partial charge in [0.25, 0.3) is 0 Å². The van der Waals surface area contributed by atoms with Gasteiger partial charge in [-0.25, -0.2) is 0 Å². The summed E-state index contributed by atoms with van der Waals surface area (Å²) in [4.78, 5) is 8.23. The monoisotopic (exact) mass is 339 g/mol. The van der Waals surface area contributed by atoms with Gasteiger partial charge in [0.1, 0.15) is 0 Å². The van der Waals surface area contributed by atoms with E-state index in [1.807, 2.05) is 0 Å². The van der Waals surface area contributed by atoms with Crippen molar-refractivity contribution in [1.29, 1.82) is 0 Å². The molecule has 0 saturated carbocycles. The van der Waals surface area contributed by atoms with Gasteiger partial charge < -0.3 is 20.7 Å². The van der Waals surface area contributed by atoms with Gasteiger partial charge in [0.05, 0.1) is 24.5 Å². The van der Waals surface area contributed by atoms with Crippen LogP contribution in [0.2, 0.25) is 0 Å². The summed E-state index contributed by atoms with van der Waals surface area (Å²) in [5.74, 6) is 0. The number of aliphatic imine (C=N–C) groups is 2. The van der Waals surface area contributed by atoms with Crippen LogP contribution in [0.3, 0.4) is 0 Å². The number of nitrogens with zero attached hydrogens (tertiary/aromatic N) is 4. The van der Waals surface area contributed by atoms with Crippen molar-refractivity contribution in [3.8, 4) is 0 Å². The first-order valence-electron chi connectivity index (χ1n) is 5.05. The summed E-state index contributed by atoms with van der Waals surface area (Å²) in [5, 5.41) is 25.9. The number of rotatable bonds is 5. The van der Waals surface area contributed by atoms with E-state index in [0.717, 1.165) is 18.9 Å². The van der Waals surface area contributed by atoms with Gasteiger partial charge in [-0.2, -0.15) is 0 Å². The molecule has 0 rings (SSSR count). The van der Waals surface area contributed by atoms with Crippen LogP contribution in [-0.2, 0) is 22.4 Å².